The molecule has 5 heteroatoms. The van der Waals surface area contributed by atoms with Crippen LogP contribution >= 0.6 is 24.0 Å². The quantitative estimate of drug-likeness (QED) is 0.439. The number of ether oxygens (including phenoxy) is 1. The normalized spacial score (nSPS) is 15.9. The van der Waals surface area contributed by atoms with Crippen LogP contribution in [0.1, 0.15) is 16.7 Å². The first-order valence-corrected chi connectivity index (χ1v) is 7.99. The molecule has 1 aliphatic heterocycles. The van der Waals surface area contributed by atoms with E-state index in [-0.39, 0.29) is 30.1 Å². The van der Waals surface area contributed by atoms with Crippen molar-refractivity contribution in [3.8, 4) is 5.75 Å². The Morgan fingerprint density at radius 3 is 2.58 bits per heavy atom. The first-order valence-electron chi connectivity index (χ1n) is 7.99. The molecule has 128 valence electrons. The second-order valence-corrected chi connectivity index (χ2v) is 5.84. The van der Waals surface area contributed by atoms with Gasteiger partial charge in [-0.05, 0) is 24.1 Å². The van der Waals surface area contributed by atoms with E-state index in [0.717, 1.165) is 31.2 Å². The van der Waals surface area contributed by atoms with Crippen LogP contribution in [0.4, 0.5) is 0 Å². The standard InChI is InChI=1S/C19H23N3O.HI/c1-14-7-9-15(10-8-14)12-21-19(20-2)22-13-17-11-16-5-3-4-6-18(16)23-17;/h3-10,17H,11-13H2,1-2H3,(H2,20,21,22);1H. The summed E-state index contributed by atoms with van der Waals surface area (Å²) in [5.74, 6) is 1.80. The topological polar surface area (TPSA) is 45.7 Å². The van der Waals surface area contributed by atoms with Crippen LogP contribution in [0.25, 0.3) is 0 Å². The van der Waals surface area contributed by atoms with Crippen molar-refractivity contribution in [3.63, 3.8) is 0 Å². The molecule has 0 spiro atoms. The lowest BCUT2D eigenvalue weighted by atomic mass is 10.1. The zero-order valence-corrected chi connectivity index (χ0v) is 16.4. The Morgan fingerprint density at radius 2 is 1.88 bits per heavy atom. The number of aryl methyl sites for hydroxylation is 1. The fraction of sp³-hybridized carbons (Fsp3) is 0.316. The summed E-state index contributed by atoms with van der Waals surface area (Å²) in [4.78, 5) is 4.27. The molecule has 2 N–H and O–H groups in total. The highest BCUT2D eigenvalue weighted by Gasteiger charge is 2.22. The second kappa shape index (κ2) is 8.92. The number of hydrogen-bond donors (Lipinski definition) is 2. The molecule has 2 aromatic rings. The van der Waals surface area contributed by atoms with Crippen molar-refractivity contribution in [2.75, 3.05) is 13.6 Å². The molecule has 0 bridgehead atoms. The monoisotopic (exact) mass is 437 g/mol. The van der Waals surface area contributed by atoms with Gasteiger partial charge in [0.05, 0.1) is 6.54 Å². The molecule has 1 aliphatic rings. The average Bonchev–Trinajstić information content (AvgIpc) is 2.99. The summed E-state index contributed by atoms with van der Waals surface area (Å²) in [5, 5.41) is 6.68. The van der Waals surface area contributed by atoms with Gasteiger partial charge < -0.3 is 15.4 Å². The Hall–Kier alpha value is -1.76. The maximum Gasteiger partial charge on any atom is 0.191 e. The number of aliphatic imine (C=N–C) groups is 1. The minimum Gasteiger partial charge on any atom is -0.488 e. The lowest BCUT2D eigenvalue weighted by Gasteiger charge is -2.15. The van der Waals surface area contributed by atoms with E-state index >= 15 is 0 Å². The van der Waals surface area contributed by atoms with E-state index in [1.165, 1.54) is 16.7 Å². The van der Waals surface area contributed by atoms with Crippen LogP contribution in [0.3, 0.4) is 0 Å². The third kappa shape index (κ3) is 4.87. The largest absolute Gasteiger partial charge is 0.488 e. The van der Waals surface area contributed by atoms with Crippen LogP contribution in [0.2, 0.25) is 0 Å². The summed E-state index contributed by atoms with van der Waals surface area (Å²) in [6.07, 6.45) is 1.10. The maximum absolute atomic E-state index is 5.93. The number of nitrogens with zero attached hydrogens (tertiary/aromatic N) is 1. The number of hydrogen-bond acceptors (Lipinski definition) is 2. The highest BCUT2D eigenvalue weighted by Crippen LogP contribution is 2.27. The molecule has 1 heterocycles. The Bertz CT molecular complexity index is 660. The van der Waals surface area contributed by atoms with E-state index in [1.807, 2.05) is 12.1 Å². The van der Waals surface area contributed by atoms with Gasteiger partial charge in [0.2, 0.25) is 0 Å². The zero-order valence-electron chi connectivity index (χ0n) is 14.1. The van der Waals surface area contributed by atoms with Crippen LogP contribution in [0.5, 0.6) is 5.75 Å². The number of nitrogens with one attached hydrogen (secondary N) is 2. The first kappa shape index (κ1) is 18.6. The summed E-state index contributed by atoms with van der Waals surface area (Å²) >= 11 is 0. The molecule has 0 aliphatic carbocycles. The predicted molar refractivity (Wildman–Crippen MR) is 109 cm³/mol. The van der Waals surface area contributed by atoms with Crippen LogP contribution < -0.4 is 15.4 Å². The average molecular weight is 437 g/mol. The summed E-state index contributed by atoms with van der Waals surface area (Å²) in [6, 6.07) is 16.7. The van der Waals surface area contributed by atoms with E-state index in [9.17, 15) is 0 Å². The minimum absolute atomic E-state index is 0. The highest BCUT2D eigenvalue weighted by molar-refractivity contribution is 14.0. The van der Waals surface area contributed by atoms with Gasteiger partial charge in [-0.2, -0.15) is 0 Å². The van der Waals surface area contributed by atoms with Gasteiger partial charge in [0.1, 0.15) is 11.9 Å². The van der Waals surface area contributed by atoms with Crippen LogP contribution in [-0.4, -0.2) is 25.7 Å². The summed E-state index contributed by atoms with van der Waals surface area (Å²) in [6.45, 7) is 3.59. The summed E-state index contributed by atoms with van der Waals surface area (Å²) < 4.78 is 5.93. The van der Waals surface area contributed by atoms with E-state index in [2.05, 4.69) is 58.9 Å². The zero-order chi connectivity index (χ0) is 16.1. The molecule has 24 heavy (non-hydrogen) atoms. The molecular weight excluding hydrogens is 413 g/mol. The van der Waals surface area contributed by atoms with E-state index in [4.69, 9.17) is 4.74 Å². The van der Waals surface area contributed by atoms with Gasteiger partial charge in [-0.3, -0.25) is 4.99 Å². The summed E-state index contributed by atoms with van der Waals surface area (Å²) in [5.41, 5.74) is 3.79. The van der Waals surface area contributed by atoms with Crippen LogP contribution in [0.15, 0.2) is 53.5 Å². The van der Waals surface area contributed by atoms with Crippen molar-refractivity contribution >= 4 is 29.9 Å². The molecule has 1 unspecified atom stereocenters. The van der Waals surface area contributed by atoms with Gasteiger partial charge in [0.15, 0.2) is 5.96 Å². The molecule has 0 saturated carbocycles. The van der Waals surface area contributed by atoms with Crippen molar-refractivity contribution in [1.82, 2.24) is 10.6 Å². The summed E-state index contributed by atoms with van der Waals surface area (Å²) in [7, 11) is 1.79. The Morgan fingerprint density at radius 1 is 1.12 bits per heavy atom. The number of para-hydroxylation sites is 1. The Balaban J connectivity index is 0.00000208. The number of halogens is 1. The number of benzene rings is 2. The maximum atomic E-state index is 5.93. The van der Waals surface area contributed by atoms with Gasteiger partial charge in [0.25, 0.3) is 0 Å². The van der Waals surface area contributed by atoms with E-state index < -0.39 is 0 Å². The molecule has 3 rings (SSSR count). The third-order valence-electron chi connectivity index (χ3n) is 4.02. The predicted octanol–water partition coefficient (Wildman–Crippen LogP) is 3.28. The molecular formula is C19H24IN3O. The van der Waals surface area contributed by atoms with Crippen LogP contribution in [0, 0.1) is 6.92 Å². The van der Waals surface area contributed by atoms with Crippen molar-refractivity contribution < 1.29 is 4.74 Å². The molecule has 0 aromatic heterocycles. The van der Waals surface area contributed by atoms with Gasteiger partial charge >= 0.3 is 0 Å². The second-order valence-electron chi connectivity index (χ2n) is 5.84. The fourth-order valence-electron chi connectivity index (χ4n) is 2.69. The van der Waals surface area contributed by atoms with Gasteiger partial charge in [-0.15, -0.1) is 24.0 Å². The van der Waals surface area contributed by atoms with Gasteiger partial charge in [-0.25, -0.2) is 0 Å². The molecule has 0 fully saturated rings. The molecule has 4 nitrogen and oxygen atoms in total. The Kier molecular flexibility index (Phi) is 6.90. The first-order chi connectivity index (χ1) is 11.2. The lowest BCUT2D eigenvalue weighted by Crippen LogP contribution is -2.41. The van der Waals surface area contributed by atoms with E-state index in [0.29, 0.717) is 0 Å². The molecule has 0 radical (unpaired) electrons. The Labute approximate surface area is 160 Å². The van der Waals surface area contributed by atoms with Gasteiger partial charge in [0, 0.05) is 20.0 Å². The number of rotatable bonds is 4. The minimum atomic E-state index is 0. The van der Waals surface area contributed by atoms with Crippen molar-refractivity contribution in [3.05, 3.63) is 65.2 Å². The fourth-order valence-corrected chi connectivity index (χ4v) is 2.69. The van der Waals surface area contributed by atoms with Crippen molar-refractivity contribution in [1.29, 1.82) is 0 Å². The lowest BCUT2D eigenvalue weighted by molar-refractivity contribution is 0.235. The number of fused-ring (bicyclic) bond motifs is 1. The van der Waals surface area contributed by atoms with Gasteiger partial charge in [-0.1, -0.05) is 48.0 Å². The SMILES string of the molecule is CN=C(NCc1ccc(C)cc1)NCC1Cc2ccccc2O1.I. The smallest absolute Gasteiger partial charge is 0.191 e. The van der Waals surface area contributed by atoms with E-state index in [1.54, 1.807) is 7.05 Å². The molecule has 0 saturated heterocycles. The number of guanidine groups is 1. The molecule has 0 amide bonds. The van der Waals surface area contributed by atoms with Crippen molar-refractivity contribution in [2.24, 2.45) is 4.99 Å². The van der Waals surface area contributed by atoms with Crippen molar-refractivity contribution in [2.45, 2.75) is 26.0 Å². The third-order valence-corrected chi connectivity index (χ3v) is 4.02. The van der Waals surface area contributed by atoms with Crippen LogP contribution in [-0.2, 0) is 13.0 Å². The molecule has 1 atom stereocenters. The molecule has 2 aromatic carbocycles. The highest BCUT2D eigenvalue weighted by atomic mass is 127.